The molecule has 0 atom stereocenters. The molecule has 2 aromatic carbocycles. The van der Waals surface area contributed by atoms with Crippen LogP contribution in [-0.2, 0) is 0 Å². The average Bonchev–Trinajstić information content (AvgIpc) is 3.00. The molecular formula is C16H14ClN3OS2. The molecule has 0 saturated heterocycles. The quantitative estimate of drug-likeness (QED) is 0.467. The van der Waals surface area contributed by atoms with E-state index in [9.17, 15) is 0 Å². The van der Waals surface area contributed by atoms with Crippen molar-refractivity contribution in [1.29, 1.82) is 0 Å². The van der Waals surface area contributed by atoms with Gasteiger partial charge in [-0.25, -0.2) is 0 Å². The largest absolute Gasteiger partial charge is 0.493 e. The van der Waals surface area contributed by atoms with E-state index in [4.69, 9.17) is 16.3 Å². The molecule has 4 nitrogen and oxygen atoms in total. The summed E-state index contributed by atoms with van der Waals surface area (Å²) in [4.78, 5) is 0. The molecule has 3 rings (SSSR count). The molecule has 0 amide bonds. The maximum Gasteiger partial charge on any atom is 0.210 e. The summed E-state index contributed by atoms with van der Waals surface area (Å²) in [5.41, 5.74) is 1.00. The number of nitrogens with one attached hydrogen (secondary N) is 1. The maximum atomic E-state index is 5.91. The Morgan fingerprint density at radius 3 is 2.78 bits per heavy atom. The molecule has 1 N–H and O–H groups in total. The summed E-state index contributed by atoms with van der Waals surface area (Å²) in [6.45, 7) is 0.589. The van der Waals surface area contributed by atoms with Crippen LogP contribution in [0.15, 0.2) is 58.9 Å². The number of hydrogen-bond donors (Lipinski definition) is 1. The SMILES string of the molecule is Clc1cccc(OCCSc2nnc(Nc3ccccc3)s2)c1. The molecule has 1 aromatic heterocycles. The highest BCUT2D eigenvalue weighted by atomic mass is 35.5. The number of anilines is 2. The van der Waals surface area contributed by atoms with Crippen molar-refractivity contribution in [3.8, 4) is 5.75 Å². The van der Waals surface area contributed by atoms with Crippen molar-refractivity contribution in [1.82, 2.24) is 10.2 Å². The highest BCUT2D eigenvalue weighted by Crippen LogP contribution is 2.27. The fourth-order valence-corrected chi connectivity index (χ4v) is 3.65. The van der Waals surface area contributed by atoms with E-state index in [2.05, 4.69) is 15.5 Å². The van der Waals surface area contributed by atoms with Crippen LogP contribution in [0.1, 0.15) is 0 Å². The lowest BCUT2D eigenvalue weighted by atomic mass is 10.3. The fraction of sp³-hybridized carbons (Fsp3) is 0.125. The zero-order valence-corrected chi connectivity index (χ0v) is 14.5. The van der Waals surface area contributed by atoms with Crippen molar-refractivity contribution in [2.24, 2.45) is 0 Å². The molecule has 118 valence electrons. The predicted octanol–water partition coefficient (Wildman–Crippen LogP) is 5.11. The van der Waals surface area contributed by atoms with Gasteiger partial charge >= 0.3 is 0 Å². The van der Waals surface area contributed by atoms with E-state index in [1.165, 1.54) is 11.3 Å². The number of benzene rings is 2. The van der Waals surface area contributed by atoms with Gasteiger partial charge in [-0.1, -0.05) is 59.0 Å². The number of halogens is 1. The van der Waals surface area contributed by atoms with Gasteiger partial charge in [-0.2, -0.15) is 0 Å². The second-order valence-corrected chi connectivity index (χ2v) is 7.27. The Morgan fingerprint density at radius 1 is 1.09 bits per heavy atom. The Morgan fingerprint density at radius 2 is 1.96 bits per heavy atom. The van der Waals surface area contributed by atoms with Gasteiger partial charge in [0.1, 0.15) is 5.75 Å². The molecule has 0 saturated carbocycles. The van der Waals surface area contributed by atoms with Crippen LogP contribution >= 0.6 is 34.7 Å². The number of rotatable bonds is 7. The Bertz CT molecular complexity index is 752. The molecule has 1 heterocycles. The van der Waals surface area contributed by atoms with Crippen molar-refractivity contribution in [2.75, 3.05) is 17.7 Å². The van der Waals surface area contributed by atoms with Gasteiger partial charge in [-0.05, 0) is 30.3 Å². The molecule has 0 radical (unpaired) electrons. The van der Waals surface area contributed by atoms with E-state index in [0.717, 1.165) is 26.7 Å². The standard InChI is InChI=1S/C16H14ClN3OS2/c17-12-5-4-8-14(11-12)21-9-10-22-16-20-19-15(23-16)18-13-6-2-1-3-7-13/h1-8,11H,9-10H2,(H,18,19). The molecule has 0 fully saturated rings. The first-order valence-corrected chi connectivity index (χ1v) is 9.14. The van der Waals surface area contributed by atoms with Crippen LogP contribution in [0.4, 0.5) is 10.8 Å². The van der Waals surface area contributed by atoms with E-state index < -0.39 is 0 Å². The molecular weight excluding hydrogens is 350 g/mol. The van der Waals surface area contributed by atoms with E-state index in [0.29, 0.717) is 11.6 Å². The summed E-state index contributed by atoms with van der Waals surface area (Å²) < 4.78 is 6.56. The zero-order valence-electron chi connectivity index (χ0n) is 12.1. The lowest BCUT2D eigenvalue weighted by Crippen LogP contribution is -1.99. The van der Waals surface area contributed by atoms with Gasteiger partial charge in [0.15, 0.2) is 4.34 Å². The number of aromatic nitrogens is 2. The van der Waals surface area contributed by atoms with Crippen molar-refractivity contribution in [3.05, 3.63) is 59.6 Å². The Kier molecular flexibility index (Phi) is 5.74. The second-order valence-electron chi connectivity index (χ2n) is 4.52. The molecule has 0 aliphatic rings. The van der Waals surface area contributed by atoms with Crippen LogP contribution in [-0.4, -0.2) is 22.6 Å². The van der Waals surface area contributed by atoms with Gasteiger partial charge in [-0.3, -0.25) is 0 Å². The van der Waals surface area contributed by atoms with Crippen LogP contribution in [0.2, 0.25) is 5.02 Å². The van der Waals surface area contributed by atoms with Crippen molar-refractivity contribution in [3.63, 3.8) is 0 Å². The molecule has 0 aliphatic carbocycles. The van der Waals surface area contributed by atoms with Gasteiger partial charge in [-0.15, -0.1) is 10.2 Å². The van der Waals surface area contributed by atoms with Gasteiger partial charge in [0, 0.05) is 16.5 Å². The minimum Gasteiger partial charge on any atom is -0.493 e. The smallest absolute Gasteiger partial charge is 0.210 e. The fourth-order valence-electron chi connectivity index (χ4n) is 1.81. The second kappa shape index (κ2) is 8.19. The van der Waals surface area contributed by atoms with Crippen LogP contribution in [0.25, 0.3) is 0 Å². The number of para-hydroxylation sites is 1. The Hall–Kier alpha value is -1.76. The topological polar surface area (TPSA) is 47.0 Å². The summed E-state index contributed by atoms with van der Waals surface area (Å²) in [5, 5.41) is 13.0. The first-order chi connectivity index (χ1) is 11.3. The van der Waals surface area contributed by atoms with Crippen LogP contribution in [0.5, 0.6) is 5.75 Å². The first kappa shape index (κ1) is 16.1. The summed E-state index contributed by atoms with van der Waals surface area (Å²) >= 11 is 9.07. The number of ether oxygens (including phenoxy) is 1. The normalized spacial score (nSPS) is 10.5. The molecule has 0 spiro atoms. The first-order valence-electron chi connectivity index (χ1n) is 6.96. The Balaban J connectivity index is 1.44. The third-order valence-corrected chi connectivity index (χ3v) is 4.98. The summed E-state index contributed by atoms with van der Waals surface area (Å²) in [6, 6.07) is 17.3. The molecule has 0 bridgehead atoms. The monoisotopic (exact) mass is 363 g/mol. The summed E-state index contributed by atoms with van der Waals surface area (Å²) in [5.74, 6) is 1.58. The molecule has 0 aliphatic heterocycles. The lowest BCUT2D eigenvalue weighted by molar-refractivity contribution is 0.344. The minimum atomic E-state index is 0.589. The van der Waals surface area contributed by atoms with Crippen molar-refractivity contribution < 1.29 is 4.74 Å². The molecule has 0 unspecified atom stereocenters. The van der Waals surface area contributed by atoms with E-state index in [1.54, 1.807) is 17.8 Å². The average molecular weight is 364 g/mol. The van der Waals surface area contributed by atoms with Gasteiger partial charge in [0.25, 0.3) is 0 Å². The molecule has 7 heteroatoms. The summed E-state index contributed by atoms with van der Waals surface area (Å²) in [7, 11) is 0. The van der Waals surface area contributed by atoms with Gasteiger partial charge in [0.05, 0.1) is 6.61 Å². The Labute approximate surface area is 147 Å². The predicted molar refractivity (Wildman–Crippen MR) is 97.3 cm³/mol. The lowest BCUT2D eigenvalue weighted by Gasteiger charge is -2.04. The third kappa shape index (κ3) is 5.13. The van der Waals surface area contributed by atoms with Crippen LogP contribution in [0.3, 0.4) is 0 Å². The highest BCUT2D eigenvalue weighted by molar-refractivity contribution is 8.01. The number of nitrogens with zero attached hydrogens (tertiary/aromatic N) is 2. The molecule has 23 heavy (non-hydrogen) atoms. The zero-order chi connectivity index (χ0) is 15.9. The number of hydrogen-bond acceptors (Lipinski definition) is 6. The van der Waals surface area contributed by atoms with E-state index in [-0.39, 0.29) is 0 Å². The van der Waals surface area contributed by atoms with E-state index >= 15 is 0 Å². The van der Waals surface area contributed by atoms with Crippen LogP contribution in [0, 0.1) is 0 Å². The molecule has 3 aromatic rings. The number of thioether (sulfide) groups is 1. The third-order valence-electron chi connectivity index (χ3n) is 2.81. The summed E-state index contributed by atoms with van der Waals surface area (Å²) in [6.07, 6.45) is 0. The van der Waals surface area contributed by atoms with E-state index in [1.807, 2.05) is 48.5 Å². The van der Waals surface area contributed by atoms with Crippen molar-refractivity contribution >= 4 is 45.5 Å². The maximum absolute atomic E-state index is 5.91. The highest BCUT2D eigenvalue weighted by Gasteiger charge is 2.05. The van der Waals surface area contributed by atoms with Crippen LogP contribution < -0.4 is 10.1 Å². The minimum absolute atomic E-state index is 0.589. The van der Waals surface area contributed by atoms with Gasteiger partial charge < -0.3 is 10.1 Å². The van der Waals surface area contributed by atoms with Gasteiger partial charge in [0.2, 0.25) is 5.13 Å². The van der Waals surface area contributed by atoms with Crippen molar-refractivity contribution in [2.45, 2.75) is 4.34 Å².